The molecule has 0 aliphatic carbocycles. The molecule has 2 aliphatic heterocycles. The van der Waals surface area contributed by atoms with E-state index in [9.17, 15) is 9.59 Å². The van der Waals surface area contributed by atoms with E-state index in [2.05, 4.69) is 42.8 Å². The number of aromatic nitrogens is 4. The number of carbonyl (C=O) groups is 2. The van der Waals surface area contributed by atoms with Gasteiger partial charge in [0.15, 0.2) is 11.4 Å². The van der Waals surface area contributed by atoms with Gasteiger partial charge in [0.2, 0.25) is 11.9 Å². The van der Waals surface area contributed by atoms with Crippen LogP contribution < -0.4 is 10.1 Å². The number of nitrogens with zero attached hydrogens (tertiary/aromatic N) is 6. The molecule has 4 heterocycles. The molecule has 11 nitrogen and oxygen atoms in total. The first-order chi connectivity index (χ1) is 19.8. The molecule has 1 aromatic carbocycles. The monoisotopic (exact) mass is 561 g/mol. The summed E-state index contributed by atoms with van der Waals surface area (Å²) < 4.78 is 13.5. The zero-order chi connectivity index (χ0) is 28.9. The maximum Gasteiger partial charge on any atom is 0.322 e. The summed E-state index contributed by atoms with van der Waals surface area (Å²) in [5.41, 5.74) is 3.61. The number of fused-ring (bicyclic) bond motifs is 1. The highest BCUT2D eigenvalue weighted by molar-refractivity contribution is 5.94. The molecule has 0 radical (unpaired) electrons. The molecule has 2 fully saturated rings. The zero-order valence-electron chi connectivity index (χ0n) is 24.1. The average Bonchev–Trinajstić information content (AvgIpc) is 3.41. The summed E-state index contributed by atoms with van der Waals surface area (Å²) in [5, 5.41) is 7.96. The highest BCUT2D eigenvalue weighted by Crippen LogP contribution is 2.25. The van der Waals surface area contributed by atoms with Crippen molar-refractivity contribution >= 4 is 23.3 Å². The van der Waals surface area contributed by atoms with Crippen molar-refractivity contribution in [2.45, 2.75) is 57.7 Å². The topological polar surface area (TPSA) is 114 Å². The number of likely N-dealkylation sites (tertiary alicyclic amines) is 1. The van der Waals surface area contributed by atoms with Crippen molar-refractivity contribution < 1.29 is 19.1 Å². The lowest BCUT2D eigenvalue weighted by molar-refractivity contribution is -0.143. The fraction of sp³-hybridized carbons (Fsp3) is 0.500. The van der Waals surface area contributed by atoms with E-state index < -0.39 is 6.04 Å². The third kappa shape index (κ3) is 6.74. The maximum absolute atomic E-state index is 13.1. The SMILES string of the molecule is C=CC(=O)N1CCOCC1C(=O)Cc1cccc(CNc2nc(OC3CCN(C)CC3)nc3c(C(C)C)cnn23)c1. The molecular formula is C30H39N7O4. The van der Waals surface area contributed by atoms with E-state index in [1.807, 2.05) is 30.5 Å². The van der Waals surface area contributed by atoms with Gasteiger partial charge in [0.1, 0.15) is 12.1 Å². The summed E-state index contributed by atoms with van der Waals surface area (Å²) in [6.45, 7) is 11.2. The minimum absolute atomic E-state index is 0.0593. The molecule has 1 atom stereocenters. The van der Waals surface area contributed by atoms with Gasteiger partial charge in [-0.3, -0.25) is 9.59 Å². The third-order valence-corrected chi connectivity index (χ3v) is 7.71. The van der Waals surface area contributed by atoms with Crippen molar-refractivity contribution in [3.63, 3.8) is 0 Å². The number of benzene rings is 1. The standard InChI is InChI=1S/C30H39N7O4/c1-5-27(39)36-13-14-40-19-25(36)26(38)16-21-7-6-8-22(15-21)17-31-29-34-30(41-23-9-11-35(4)12-10-23)33-28-24(20(2)3)18-32-37(28)29/h5-8,15,18,20,23,25H,1,9-14,16-17,19H2,2-4H3,(H,31,33,34). The Balaban J connectivity index is 1.31. The molecule has 2 aromatic heterocycles. The first kappa shape index (κ1) is 28.7. The van der Waals surface area contributed by atoms with Crippen molar-refractivity contribution in [2.24, 2.45) is 0 Å². The number of carbonyl (C=O) groups excluding carboxylic acids is 2. The molecule has 0 bridgehead atoms. The summed E-state index contributed by atoms with van der Waals surface area (Å²) >= 11 is 0. The second kappa shape index (κ2) is 12.8. The molecule has 3 aromatic rings. The smallest absolute Gasteiger partial charge is 0.322 e. The van der Waals surface area contributed by atoms with Gasteiger partial charge < -0.3 is 24.6 Å². The molecule has 1 N–H and O–H groups in total. The molecule has 1 unspecified atom stereocenters. The summed E-state index contributed by atoms with van der Waals surface area (Å²) in [4.78, 5) is 38.7. The van der Waals surface area contributed by atoms with Crippen LogP contribution in [0, 0.1) is 0 Å². The number of morpholine rings is 1. The second-order valence-corrected chi connectivity index (χ2v) is 11.1. The second-order valence-electron chi connectivity index (χ2n) is 11.1. The normalized spacial score (nSPS) is 18.5. The van der Waals surface area contributed by atoms with Crippen LogP contribution in [0.5, 0.6) is 6.01 Å². The van der Waals surface area contributed by atoms with Crippen molar-refractivity contribution in [1.29, 1.82) is 0 Å². The van der Waals surface area contributed by atoms with Gasteiger partial charge in [-0.2, -0.15) is 19.6 Å². The van der Waals surface area contributed by atoms with E-state index in [0.29, 0.717) is 31.7 Å². The molecular weight excluding hydrogens is 522 g/mol. The summed E-state index contributed by atoms with van der Waals surface area (Å²) in [6.07, 6.45) is 5.22. The van der Waals surface area contributed by atoms with Crippen molar-refractivity contribution in [3.8, 4) is 6.01 Å². The Morgan fingerprint density at radius 1 is 1.20 bits per heavy atom. The van der Waals surface area contributed by atoms with E-state index >= 15 is 0 Å². The Bertz CT molecular complexity index is 1400. The lowest BCUT2D eigenvalue weighted by Crippen LogP contribution is -2.52. The van der Waals surface area contributed by atoms with Gasteiger partial charge in [-0.05, 0) is 43.0 Å². The van der Waals surface area contributed by atoms with Gasteiger partial charge in [0.25, 0.3) is 0 Å². The maximum atomic E-state index is 13.1. The van der Waals surface area contributed by atoms with Crippen LogP contribution in [-0.2, 0) is 27.3 Å². The Kier molecular flexibility index (Phi) is 8.94. The highest BCUT2D eigenvalue weighted by Gasteiger charge is 2.31. The van der Waals surface area contributed by atoms with Gasteiger partial charge >= 0.3 is 6.01 Å². The van der Waals surface area contributed by atoms with Crippen LogP contribution in [0.25, 0.3) is 5.65 Å². The highest BCUT2D eigenvalue weighted by atomic mass is 16.5. The number of rotatable bonds is 10. The Hall–Kier alpha value is -3.83. The van der Waals surface area contributed by atoms with Crippen molar-refractivity contribution in [3.05, 3.63) is 59.8 Å². The van der Waals surface area contributed by atoms with E-state index in [-0.39, 0.29) is 36.7 Å². The Labute approximate surface area is 240 Å². The lowest BCUT2D eigenvalue weighted by Gasteiger charge is -2.34. The number of ether oxygens (including phenoxy) is 2. The number of hydrogen-bond donors (Lipinski definition) is 1. The molecule has 41 heavy (non-hydrogen) atoms. The first-order valence-electron chi connectivity index (χ1n) is 14.3. The Morgan fingerprint density at radius 3 is 2.73 bits per heavy atom. The number of hydrogen-bond acceptors (Lipinski definition) is 9. The summed E-state index contributed by atoms with van der Waals surface area (Å²) in [7, 11) is 2.12. The molecule has 218 valence electrons. The quantitative estimate of drug-likeness (QED) is 0.373. The number of Topliss-reactive ketones (excluding diaryl/α,β-unsaturated/α-hetero) is 1. The summed E-state index contributed by atoms with van der Waals surface area (Å²) in [5.74, 6) is 0.479. The van der Waals surface area contributed by atoms with Crippen LogP contribution in [0.15, 0.2) is 43.1 Å². The van der Waals surface area contributed by atoms with E-state index in [1.54, 1.807) is 9.42 Å². The van der Waals surface area contributed by atoms with Crippen LogP contribution in [0.2, 0.25) is 0 Å². The number of piperidine rings is 1. The Morgan fingerprint density at radius 2 is 1.98 bits per heavy atom. The summed E-state index contributed by atoms with van der Waals surface area (Å²) in [6, 6.07) is 7.58. The molecule has 1 amide bonds. The minimum atomic E-state index is -0.608. The van der Waals surface area contributed by atoms with Crippen LogP contribution in [0.1, 0.15) is 49.3 Å². The van der Waals surface area contributed by atoms with Gasteiger partial charge in [0, 0.05) is 38.2 Å². The lowest BCUT2D eigenvalue weighted by atomic mass is 10.0. The molecule has 11 heteroatoms. The van der Waals surface area contributed by atoms with Crippen LogP contribution in [0.4, 0.5) is 5.95 Å². The third-order valence-electron chi connectivity index (χ3n) is 7.71. The van der Waals surface area contributed by atoms with Gasteiger partial charge in [0.05, 0.1) is 19.4 Å². The average molecular weight is 562 g/mol. The molecule has 2 saturated heterocycles. The fourth-order valence-corrected chi connectivity index (χ4v) is 5.30. The van der Waals surface area contributed by atoms with E-state index in [0.717, 1.165) is 48.3 Å². The molecule has 0 saturated carbocycles. The van der Waals surface area contributed by atoms with Crippen molar-refractivity contribution in [1.82, 2.24) is 29.4 Å². The van der Waals surface area contributed by atoms with Crippen LogP contribution in [0.3, 0.4) is 0 Å². The van der Waals surface area contributed by atoms with Gasteiger partial charge in [-0.15, -0.1) is 0 Å². The van der Waals surface area contributed by atoms with E-state index in [1.165, 1.54) is 6.08 Å². The molecule has 5 rings (SSSR count). The van der Waals surface area contributed by atoms with Gasteiger partial charge in [-0.25, -0.2) is 0 Å². The predicted molar refractivity (Wildman–Crippen MR) is 155 cm³/mol. The fourth-order valence-electron chi connectivity index (χ4n) is 5.30. The number of ketones is 1. The van der Waals surface area contributed by atoms with Gasteiger partial charge in [-0.1, -0.05) is 44.7 Å². The number of anilines is 1. The molecule has 0 spiro atoms. The largest absolute Gasteiger partial charge is 0.460 e. The molecule has 2 aliphatic rings. The zero-order valence-corrected chi connectivity index (χ0v) is 24.1. The van der Waals surface area contributed by atoms with E-state index in [4.69, 9.17) is 19.4 Å². The number of amides is 1. The van der Waals surface area contributed by atoms with Crippen LogP contribution in [-0.4, -0.2) is 93.1 Å². The number of nitrogens with one attached hydrogen (secondary N) is 1. The predicted octanol–water partition coefficient (Wildman–Crippen LogP) is 2.86. The first-order valence-corrected chi connectivity index (χ1v) is 14.3. The minimum Gasteiger partial charge on any atom is -0.460 e. The van der Waals surface area contributed by atoms with Crippen LogP contribution >= 0.6 is 0 Å². The van der Waals surface area contributed by atoms with Crippen molar-refractivity contribution in [2.75, 3.05) is 45.2 Å².